The molecular formula is C21H22O. The molecule has 0 saturated heterocycles. The Labute approximate surface area is 132 Å². The van der Waals surface area contributed by atoms with Crippen LogP contribution in [0.3, 0.4) is 0 Å². The Balaban J connectivity index is 2.35. The number of rotatable bonds is 4. The van der Waals surface area contributed by atoms with Gasteiger partial charge in [-0.1, -0.05) is 79.7 Å². The lowest BCUT2D eigenvalue weighted by Gasteiger charge is -2.38. The molecule has 0 aliphatic carbocycles. The summed E-state index contributed by atoms with van der Waals surface area (Å²) in [5.74, 6) is 0. The van der Waals surface area contributed by atoms with Gasteiger partial charge in [-0.05, 0) is 35.2 Å². The Morgan fingerprint density at radius 1 is 0.864 bits per heavy atom. The molecule has 0 fully saturated rings. The SMILES string of the molecule is CCC(c1ccccc1)(c1cccc2ccccc12)C(C)O. The second-order valence-electron chi connectivity index (χ2n) is 5.89. The van der Waals surface area contributed by atoms with Gasteiger partial charge in [-0.15, -0.1) is 0 Å². The Kier molecular flexibility index (Phi) is 4.00. The van der Waals surface area contributed by atoms with Gasteiger partial charge < -0.3 is 5.11 Å². The van der Waals surface area contributed by atoms with Crippen LogP contribution in [-0.2, 0) is 5.41 Å². The summed E-state index contributed by atoms with van der Waals surface area (Å²) in [7, 11) is 0. The standard InChI is InChI=1S/C21H22O/c1-3-21(16(2)22,18-12-5-4-6-13-18)20-15-9-11-17-10-7-8-14-19(17)20/h4-16,22H,3H2,1-2H3. The third kappa shape index (κ3) is 2.22. The van der Waals surface area contributed by atoms with Gasteiger partial charge in [0.25, 0.3) is 0 Å². The van der Waals surface area contributed by atoms with E-state index in [0.29, 0.717) is 0 Å². The predicted molar refractivity (Wildman–Crippen MR) is 93.1 cm³/mol. The summed E-state index contributed by atoms with van der Waals surface area (Å²) in [5, 5.41) is 13.2. The van der Waals surface area contributed by atoms with Crippen LogP contribution in [0.15, 0.2) is 72.8 Å². The van der Waals surface area contributed by atoms with Crippen molar-refractivity contribution in [2.24, 2.45) is 0 Å². The van der Waals surface area contributed by atoms with Crippen molar-refractivity contribution < 1.29 is 5.11 Å². The summed E-state index contributed by atoms with van der Waals surface area (Å²) < 4.78 is 0. The van der Waals surface area contributed by atoms with Gasteiger partial charge in [0.2, 0.25) is 0 Å². The molecule has 3 rings (SSSR count). The van der Waals surface area contributed by atoms with Crippen molar-refractivity contribution in [2.75, 3.05) is 0 Å². The smallest absolute Gasteiger partial charge is 0.0649 e. The van der Waals surface area contributed by atoms with E-state index in [1.54, 1.807) is 0 Å². The lowest BCUT2D eigenvalue weighted by atomic mass is 9.67. The molecule has 0 amide bonds. The largest absolute Gasteiger partial charge is 0.392 e. The van der Waals surface area contributed by atoms with Crippen LogP contribution in [-0.4, -0.2) is 11.2 Å². The van der Waals surface area contributed by atoms with E-state index in [1.807, 2.05) is 25.1 Å². The molecule has 1 heteroatoms. The molecule has 2 atom stereocenters. The predicted octanol–water partition coefficient (Wildman–Crippen LogP) is 4.92. The van der Waals surface area contributed by atoms with Crippen LogP contribution in [0.25, 0.3) is 10.8 Å². The maximum Gasteiger partial charge on any atom is 0.0649 e. The highest BCUT2D eigenvalue weighted by molar-refractivity contribution is 5.87. The third-order valence-corrected chi connectivity index (χ3v) is 4.83. The van der Waals surface area contributed by atoms with E-state index < -0.39 is 6.10 Å². The summed E-state index contributed by atoms with van der Waals surface area (Å²) >= 11 is 0. The molecule has 0 bridgehead atoms. The molecule has 1 nitrogen and oxygen atoms in total. The molecule has 2 unspecified atom stereocenters. The van der Waals surface area contributed by atoms with Crippen LogP contribution < -0.4 is 0 Å². The number of aliphatic hydroxyl groups is 1. The van der Waals surface area contributed by atoms with Crippen molar-refractivity contribution in [3.8, 4) is 0 Å². The molecule has 0 aliphatic rings. The molecule has 112 valence electrons. The Morgan fingerprint density at radius 2 is 1.50 bits per heavy atom. The van der Waals surface area contributed by atoms with Crippen molar-refractivity contribution in [3.05, 3.63) is 83.9 Å². The fraction of sp³-hybridized carbons (Fsp3) is 0.238. The fourth-order valence-corrected chi connectivity index (χ4v) is 3.66. The molecule has 3 aromatic rings. The van der Waals surface area contributed by atoms with Crippen molar-refractivity contribution >= 4 is 10.8 Å². The van der Waals surface area contributed by atoms with Gasteiger partial charge in [0, 0.05) is 5.41 Å². The van der Waals surface area contributed by atoms with Gasteiger partial charge in [-0.25, -0.2) is 0 Å². The van der Waals surface area contributed by atoms with Gasteiger partial charge in [0.15, 0.2) is 0 Å². The minimum atomic E-state index is -0.467. The molecule has 0 saturated carbocycles. The van der Waals surface area contributed by atoms with E-state index in [-0.39, 0.29) is 5.41 Å². The van der Waals surface area contributed by atoms with Crippen molar-refractivity contribution in [1.82, 2.24) is 0 Å². The minimum absolute atomic E-state index is 0.387. The maximum atomic E-state index is 10.7. The number of hydrogen-bond donors (Lipinski definition) is 1. The van der Waals surface area contributed by atoms with Crippen molar-refractivity contribution in [1.29, 1.82) is 0 Å². The molecular weight excluding hydrogens is 268 g/mol. The zero-order chi connectivity index (χ0) is 15.6. The average Bonchev–Trinajstić information content (AvgIpc) is 2.57. The minimum Gasteiger partial charge on any atom is -0.392 e. The van der Waals surface area contributed by atoms with Gasteiger partial charge in [-0.2, -0.15) is 0 Å². The van der Waals surface area contributed by atoms with Crippen molar-refractivity contribution in [3.63, 3.8) is 0 Å². The zero-order valence-electron chi connectivity index (χ0n) is 13.2. The van der Waals surface area contributed by atoms with E-state index in [9.17, 15) is 5.11 Å². The third-order valence-electron chi connectivity index (χ3n) is 4.83. The summed E-state index contributed by atoms with van der Waals surface area (Å²) in [4.78, 5) is 0. The van der Waals surface area contributed by atoms with E-state index in [4.69, 9.17) is 0 Å². The normalized spacial score (nSPS) is 15.4. The van der Waals surface area contributed by atoms with Gasteiger partial charge in [-0.3, -0.25) is 0 Å². The highest BCUT2D eigenvalue weighted by atomic mass is 16.3. The van der Waals surface area contributed by atoms with Crippen molar-refractivity contribution in [2.45, 2.75) is 31.8 Å². The Hall–Kier alpha value is -2.12. The molecule has 1 N–H and O–H groups in total. The number of hydrogen-bond acceptors (Lipinski definition) is 1. The number of aliphatic hydroxyl groups excluding tert-OH is 1. The topological polar surface area (TPSA) is 20.2 Å². The highest BCUT2D eigenvalue weighted by Gasteiger charge is 2.38. The van der Waals surface area contributed by atoms with Gasteiger partial charge in [0.1, 0.15) is 0 Å². The highest BCUT2D eigenvalue weighted by Crippen LogP contribution is 2.42. The maximum absolute atomic E-state index is 10.7. The molecule has 0 spiro atoms. The van der Waals surface area contributed by atoms with Crippen LogP contribution in [0, 0.1) is 0 Å². The van der Waals surface area contributed by atoms with E-state index in [1.165, 1.54) is 21.9 Å². The second kappa shape index (κ2) is 5.94. The first kappa shape index (κ1) is 14.8. The van der Waals surface area contributed by atoms with Crippen LogP contribution in [0.5, 0.6) is 0 Å². The van der Waals surface area contributed by atoms with Crippen LogP contribution in [0.2, 0.25) is 0 Å². The zero-order valence-corrected chi connectivity index (χ0v) is 13.2. The lowest BCUT2D eigenvalue weighted by molar-refractivity contribution is 0.117. The quantitative estimate of drug-likeness (QED) is 0.723. The molecule has 0 aromatic heterocycles. The first-order valence-electron chi connectivity index (χ1n) is 7.92. The monoisotopic (exact) mass is 290 g/mol. The fourth-order valence-electron chi connectivity index (χ4n) is 3.66. The lowest BCUT2D eigenvalue weighted by Crippen LogP contribution is -2.38. The second-order valence-corrected chi connectivity index (χ2v) is 5.89. The van der Waals surface area contributed by atoms with E-state index >= 15 is 0 Å². The van der Waals surface area contributed by atoms with E-state index in [0.717, 1.165) is 6.42 Å². The summed E-state index contributed by atoms with van der Waals surface area (Å²) in [6.07, 6.45) is 0.383. The average molecular weight is 290 g/mol. The summed E-state index contributed by atoms with van der Waals surface area (Å²) in [6.45, 7) is 4.06. The molecule has 0 radical (unpaired) electrons. The molecule has 22 heavy (non-hydrogen) atoms. The number of fused-ring (bicyclic) bond motifs is 1. The molecule has 0 aliphatic heterocycles. The van der Waals surface area contributed by atoms with Gasteiger partial charge in [0.05, 0.1) is 6.10 Å². The Morgan fingerprint density at radius 3 is 2.18 bits per heavy atom. The van der Waals surface area contributed by atoms with Crippen LogP contribution in [0.1, 0.15) is 31.4 Å². The van der Waals surface area contributed by atoms with E-state index in [2.05, 4.69) is 61.5 Å². The Bertz CT molecular complexity index is 756. The van der Waals surface area contributed by atoms with Gasteiger partial charge >= 0.3 is 0 Å². The number of benzene rings is 3. The first-order valence-corrected chi connectivity index (χ1v) is 7.92. The van der Waals surface area contributed by atoms with Crippen LogP contribution >= 0.6 is 0 Å². The van der Waals surface area contributed by atoms with Crippen LogP contribution in [0.4, 0.5) is 0 Å². The molecule has 3 aromatic carbocycles. The first-order chi connectivity index (χ1) is 10.7. The summed E-state index contributed by atoms with van der Waals surface area (Å²) in [6, 6.07) is 25.2. The summed E-state index contributed by atoms with van der Waals surface area (Å²) in [5.41, 5.74) is 1.99. The molecule has 0 heterocycles.